The van der Waals surface area contributed by atoms with Gasteiger partial charge < -0.3 is 9.84 Å². The molecule has 1 aromatic carbocycles. The van der Waals surface area contributed by atoms with Gasteiger partial charge in [-0.2, -0.15) is 5.10 Å². The van der Waals surface area contributed by atoms with Crippen molar-refractivity contribution in [3.05, 3.63) is 41.6 Å². The molecule has 1 heterocycles. The van der Waals surface area contributed by atoms with Gasteiger partial charge in [-0.1, -0.05) is 24.3 Å². The van der Waals surface area contributed by atoms with Crippen LogP contribution in [0.1, 0.15) is 16.1 Å². The smallest absolute Gasteiger partial charge is 0.353 e. The summed E-state index contributed by atoms with van der Waals surface area (Å²) in [5, 5.41) is 15.2. The summed E-state index contributed by atoms with van der Waals surface area (Å²) >= 11 is 0. The largest absolute Gasteiger partial charge is 0.477 e. The Morgan fingerprint density at radius 2 is 2.12 bits per heavy atom. The summed E-state index contributed by atoms with van der Waals surface area (Å²) in [6.45, 7) is 0.557. The van der Waals surface area contributed by atoms with E-state index in [0.29, 0.717) is 12.3 Å². The Balaban J connectivity index is 2.23. The zero-order valence-electron chi connectivity index (χ0n) is 9.30. The van der Waals surface area contributed by atoms with Gasteiger partial charge in [0.15, 0.2) is 0 Å². The van der Waals surface area contributed by atoms with Gasteiger partial charge in [0.05, 0.1) is 12.3 Å². The fourth-order valence-electron chi connectivity index (χ4n) is 1.52. The zero-order chi connectivity index (χ0) is 12.3. The third-order valence-electron chi connectivity index (χ3n) is 2.37. The number of aromatic nitrogens is 2. The highest BCUT2D eigenvalue weighted by atomic mass is 16.5. The molecule has 17 heavy (non-hydrogen) atoms. The lowest BCUT2D eigenvalue weighted by Gasteiger charge is -2.00. The first-order valence-corrected chi connectivity index (χ1v) is 5.07. The summed E-state index contributed by atoms with van der Waals surface area (Å²) in [5.41, 5.74) is 2.63. The molecule has 0 saturated carbocycles. The second-order valence-electron chi connectivity index (χ2n) is 3.60. The molecule has 0 spiro atoms. The number of carboxylic acid groups (broad SMARTS) is 1. The molecule has 2 aromatic rings. The number of aromatic carboxylic acids is 1. The van der Waals surface area contributed by atoms with Crippen molar-refractivity contribution < 1.29 is 14.6 Å². The molecule has 2 N–H and O–H groups in total. The van der Waals surface area contributed by atoms with Crippen LogP contribution in [0.2, 0.25) is 0 Å². The maximum absolute atomic E-state index is 10.7. The molecule has 0 aliphatic heterocycles. The van der Waals surface area contributed by atoms with Crippen molar-refractivity contribution in [2.75, 3.05) is 7.11 Å². The van der Waals surface area contributed by atoms with Crippen LogP contribution in [0.5, 0.6) is 0 Å². The van der Waals surface area contributed by atoms with E-state index in [1.54, 1.807) is 7.11 Å². The summed E-state index contributed by atoms with van der Waals surface area (Å²) in [7, 11) is 1.64. The first-order chi connectivity index (χ1) is 8.20. The number of rotatable bonds is 4. The van der Waals surface area contributed by atoms with E-state index >= 15 is 0 Å². The van der Waals surface area contributed by atoms with Gasteiger partial charge in [0, 0.05) is 12.7 Å². The van der Waals surface area contributed by atoms with Gasteiger partial charge in [-0.3, -0.25) is 5.10 Å². The minimum Gasteiger partial charge on any atom is -0.477 e. The molecule has 1 aromatic heterocycles. The minimum atomic E-state index is -1.01. The number of nitrogens with zero attached hydrogens (tertiary/aromatic N) is 1. The van der Waals surface area contributed by atoms with Gasteiger partial charge >= 0.3 is 5.97 Å². The van der Waals surface area contributed by atoms with Crippen LogP contribution in [-0.2, 0) is 11.3 Å². The van der Waals surface area contributed by atoms with Crippen molar-refractivity contribution in [3.63, 3.8) is 0 Å². The second-order valence-corrected chi connectivity index (χ2v) is 3.60. The number of benzene rings is 1. The molecular formula is C12H12N2O3. The molecule has 0 aliphatic rings. The topological polar surface area (TPSA) is 75.2 Å². The molecule has 0 radical (unpaired) electrons. The third-order valence-corrected chi connectivity index (χ3v) is 2.37. The number of ether oxygens (including phenoxy) is 1. The molecule has 0 fully saturated rings. The van der Waals surface area contributed by atoms with Crippen LogP contribution in [0.4, 0.5) is 0 Å². The van der Waals surface area contributed by atoms with E-state index in [2.05, 4.69) is 10.2 Å². The van der Waals surface area contributed by atoms with E-state index in [4.69, 9.17) is 9.84 Å². The molecule has 5 heteroatoms. The number of aromatic amines is 1. The fourth-order valence-corrected chi connectivity index (χ4v) is 1.52. The number of hydrogen-bond acceptors (Lipinski definition) is 3. The predicted octanol–water partition coefficient (Wildman–Crippen LogP) is 1.92. The minimum absolute atomic E-state index is 0.0842. The molecule has 0 saturated heterocycles. The molecule has 0 aliphatic carbocycles. The third kappa shape index (κ3) is 2.51. The second kappa shape index (κ2) is 4.80. The Morgan fingerprint density at radius 3 is 2.65 bits per heavy atom. The van der Waals surface area contributed by atoms with Gasteiger partial charge in [0.25, 0.3) is 0 Å². The molecule has 2 rings (SSSR count). The Labute approximate surface area is 98.0 Å². The lowest BCUT2D eigenvalue weighted by atomic mass is 10.1. The van der Waals surface area contributed by atoms with Crippen LogP contribution in [0.25, 0.3) is 11.3 Å². The van der Waals surface area contributed by atoms with Gasteiger partial charge in [-0.05, 0) is 11.6 Å². The molecule has 5 nitrogen and oxygen atoms in total. The Bertz CT molecular complexity index is 517. The Hall–Kier alpha value is -2.14. The molecule has 0 amide bonds. The van der Waals surface area contributed by atoms with Gasteiger partial charge in [-0.25, -0.2) is 4.79 Å². The Kier molecular flexibility index (Phi) is 3.20. The van der Waals surface area contributed by atoms with Crippen LogP contribution in [0.15, 0.2) is 30.3 Å². The number of carbonyl (C=O) groups is 1. The molecule has 0 atom stereocenters. The van der Waals surface area contributed by atoms with E-state index in [1.165, 1.54) is 6.07 Å². The SMILES string of the molecule is COCc1ccc(-c2cc(C(=O)O)[nH]n2)cc1. The quantitative estimate of drug-likeness (QED) is 0.844. The highest BCUT2D eigenvalue weighted by Gasteiger charge is 2.08. The lowest BCUT2D eigenvalue weighted by molar-refractivity contribution is 0.0690. The van der Waals surface area contributed by atoms with Gasteiger partial charge in [-0.15, -0.1) is 0 Å². The lowest BCUT2D eigenvalue weighted by Crippen LogP contribution is -1.95. The summed E-state index contributed by atoms with van der Waals surface area (Å²) < 4.78 is 5.01. The molecule has 88 valence electrons. The van der Waals surface area contributed by atoms with Gasteiger partial charge in [0.1, 0.15) is 5.69 Å². The van der Waals surface area contributed by atoms with Crippen molar-refractivity contribution in [3.8, 4) is 11.3 Å². The number of carboxylic acids is 1. The van der Waals surface area contributed by atoms with Crippen molar-refractivity contribution >= 4 is 5.97 Å². The predicted molar refractivity (Wildman–Crippen MR) is 61.7 cm³/mol. The Morgan fingerprint density at radius 1 is 1.41 bits per heavy atom. The average Bonchev–Trinajstić information content (AvgIpc) is 2.80. The fraction of sp³-hybridized carbons (Fsp3) is 0.167. The normalized spacial score (nSPS) is 10.4. The van der Waals surface area contributed by atoms with E-state index in [0.717, 1.165) is 11.1 Å². The molecule has 0 unspecified atom stereocenters. The summed E-state index contributed by atoms with van der Waals surface area (Å²) in [4.78, 5) is 10.7. The first kappa shape index (κ1) is 11.3. The average molecular weight is 232 g/mol. The summed E-state index contributed by atoms with van der Waals surface area (Å²) in [6.07, 6.45) is 0. The number of hydrogen-bond donors (Lipinski definition) is 2. The van der Waals surface area contributed by atoms with Crippen LogP contribution in [0.3, 0.4) is 0 Å². The summed E-state index contributed by atoms with van der Waals surface area (Å²) in [5.74, 6) is -1.01. The van der Waals surface area contributed by atoms with Crippen molar-refractivity contribution in [1.82, 2.24) is 10.2 Å². The van der Waals surface area contributed by atoms with E-state index in [9.17, 15) is 4.79 Å². The maximum Gasteiger partial charge on any atom is 0.353 e. The number of methoxy groups -OCH3 is 1. The highest BCUT2D eigenvalue weighted by molar-refractivity contribution is 5.86. The zero-order valence-corrected chi connectivity index (χ0v) is 9.30. The number of H-pyrrole nitrogens is 1. The summed E-state index contributed by atoms with van der Waals surface area (Å²) in [6, 6.07) is 9.13. The molecule has 0 bridgehead atoms. The van der Waals surface area contributed by atoms with Crippen LogP contribution < -0.4 is 0 Å². The van der Waals surface area contributed by atoms with E-state index in [1.807, 2.05) is 24.3 Å². The van der Waals surface area contributed by atoms with Crippen LogP contribution in [-0.4, -0.2) is 28.4 Å². The monoisotopic (exact) mass is 232 g/mol. The van der Waals surface area contributed by atoms with E-state index in [-0.39, 0.29) is 5.69 Å². The molecular weight excluding hydrogens is 220 g/mol. The van der Waals surface area contributed by atoms with Crippen LogP contribution in [0, 0.1) is 0 Å². The van der Waals surface area contributed by atoms with Crippen molar-refractivity contribution in [1.29, 1.82) is 0 Å². The highest BCUT2D eigenvalue weighted by Crippen LogP contribution is 2.18. The first-order valence-electron chi connectivity index (χ1n) is 5.07. The number of nitrogens with one attached hydrogen (secondary N) is 1. The van der Waals surface area contributed by atoms with Crippen molar-refractivity contribution in [2.45, 2.75) is 6.61 Å². The van der Waals surface area contributed by atoms with Crippen LogP contribution >= 0.6 is 0 Å². The maximum atomic E-state index is 10.7. The van der Waals surface area contributed by atoms with E-state index < -0.39 is 5.97 Å². The van der Waals surface area contributed by atoms with Gasteiger partial charge in [0.2, 0.25) is 0 Å². The van der Waals surface area contributed by atoms with Crippen molar-refractivity contribution in [2.24, 2.45) is 0 Å². The standard InChI is InChI=1S/C12H12N2O3/c1-17-7-8-2-4-9(5-3-8)10-6-11(12(15)16)14-13-10/h2-6H,7H2,1H3,(H,13,14)(H,15,16).